The molecule has 9 nitrogen and oxygen atoms in total. The van der Waals surface area contributed by atoms with Crippen molar-refractivity contribution < 1.29 is 18.8 Å². The zero-order valence-corrected chi connectivity index (χ0v) is 17.9. The van der Waals surface area contributed by atoms with Crippen LogP contribution in [0.2, 0.25) is 0 Å². The van der Waals surface area contributed by atoms with E-state index in [9.17, 15) is 14.4 Å². The van der Waals surface area contributed by atoms with E-state index in [1.54, 1.807) is 36.1 Å². The van der Waals surface area contributed by atoms with Crippen LogP contribution in [0.4, 0.5) is 6.01 Å². The summed E-state index contributed by atoms with van der Waals surface area (Å²) in [5, 5.41) is 0. The van der Waals surface area contributed by atoms with Crippen molar-refractivity contribution in [1.29, 1.82) is 0 Å². The van der Waals surface area contributed by atoms with E-state index in [0.717, 1.165) is 5.69 Å². The van der Waals surface area contributed by atoms with Gasteiger partial charge in [-0.05, 0) is 38.1 Å². The molecule has 1 saturated heterocycles. The number of pyridine rings is 1. The summed E-state index contributed by atoms with van der Waals surface area (Å²) in [6, 6.07) is 10.5. The van der Waals surface area contributed by atoms with Crippen molar-refractivity contribution in [2.75, 3.05) is 31.1 Å². The van der Waals surface area contributed by atoms with E-state index in [2.05, 4.69) is 9.97 Å². The molecule has 2 aliphatic heterocycles. The minimum atomic E-state index is -0.515. The molecule has 0 saturated carbocycles. The van der Waals surface area contributed by atoms with Crippen molar-refractivity contribution in [3.05, 3.63) is 53.2 Å². The van der Waals surface area contributed by atoms with Gasteiger partial charge in [0, 0.05) is 44.3 Å². The number of oxazole rings is 1. The summed E-state index contributed by atoms with van der Waals surface area (Å²) >= 11 is 0. The Morgan fingerprint density at radius 1 is 1.00 bits per heavy atom. The number of aryl methyl sites for hydroxylation is 1. The molecule has 1 aromatic carbocycles. The zero-order chi connectivity index (χ0) is 22.4. The van der Waals surface area contributed by atoms with Crippen LogP contribution in [0.5, 0.6) is 0 Å². The molecule has 1 atom stereocenters. The molecule has 3 amide bonds. The van der Waals surface area contributed by atoms with Gasteiger partial charge < -0.3 is 14.2 Å². The summed E-state index contributed by atoms with van der Waals surface area (Å²) in [4.78, 5) is 52.0. The van der Waals surface area contributed by atoms with Crippen molar-refractivity contribution in [1.82, 2.24) is 19.8 Å². The second-order valence-corrected chi connectivity index (χ2v) is 8.22. The second-order valence-electron chi connectivity index (χ2n) is 8.22. The van der Waals surface area contributed by atoms with E-state index in [0.29, 0.717) is 54.6 Å². The van der Waals surface area contributed by atoms with Gasteiger partial charge in [0.25, 0.3) is 17.8 Å². The number of amides is 3. The summed E-state index contributed by atoms with van der Waals surface area (Å²) in [6.45, 7) is 5.83. The third-order valence-corrected chi connectivity index (χ3v) is 6.02. The molecule has 2 aromatic heterocycles. The summed E-state index contributed by atoms with van der Waals surface area (Å²) in [6.07, 6.45) is 0.0948. The maximum atomic E-state index is 12.9. The molecule has 5 rings (SSSR count). The van der Waals surface area contributed by atoms with Gasteiger partial charge in [-0.1, -0.05) is 12.1 Å². The largest absolute Gasteiger partial charge is 0.422 e. The molecular weight excluding hydrogens is 410 g/mol. The molecule has 32 heavy (non-hydrogen) atoms. The average molecular weight is 433 g/mol. The monoisotopic (exact) mass is 433 g/mol. The number of fused-ring (bicyclic) bond motifs is 2. The lowest BCUT2D eigenvalue weighted by atomic mass is 10.1. The fourth-order valence-electron chi connectivity index (χ4n) is 4.27. The van der Waals surface area contributed by atoms with Crippen molar-refractivity contribution >= 4 is 35.0 Å². The Balaban J connectivity index is 1.20. The van der Waals surface area contributed by atoms with E-state index in [-0.39, 0.29) is 24.1 Å². The molecule has 1 fully saturated rings. The topological polar surface area (TPSA) is 99.9 Å². The first kappa shape index (κ1) is 20.2. The Morgan fingerprint density at radius 3 is 2.31 bits per heavy atom. The average Bonchev–Trinajstić information content (AvgIpc) is 3.32. The van der Waals surface area contributed by atoms with E-state index in [1.807, 2.05) is 24.0 Å². The Labute approximate surface area is 184 Å². The molecule has 9 heteroatoms. The highest BCUT2D eigenvalue weighted by Gasteiger charge is 2.39. The third-order valence-electron chi connectivity index (χ3n) is 6.02. The first-order valence-corrected chi connectivity index (χ1v) is 10.7. The van der Waals surface area contributed by atoms with Gasteiger partial charge in [0.05, 0.1) is 11.1 Å². The molecule has 4 heterocycles. The number of carbonyl (C=O) groups excluding carboxylic acids is 3. The predicted octanol–water partition coefficient (Wildman–Crippen LogP) is 2.25. The standard InChI is InChI=1S/C23H23N5O4/c1-14-7-8-18-20(24-14)25-23(32-18)27-11-9-26(10-12-27)19(29)13-15(2)28-21(30)16-5-3-4-6-17(16)22(28)31/h3-8,15H,9-13H2,1-2H3/t15-/m0/s1. The van der Waals surface area contributed by atoms with Crippen LogP contribution >= 0.6 is 0 Å². The van der Waals surface area contributed by atoms with Crippen LogP contribution in [0.3, 0.4) is 0 Å². The summed E-state index contributed by atoms with van der Waals surface area (Å²) in [5.74, 6) is -0.755. The molecule has 0 radical (unpaired) electrons. The fourth-order valence-corrected chi connectivity index (χ4v) is 4.27. The van der Waals surface area contributed by atoms with E-state index < -0.39 is 6.04 Å². The van der Waals surface area contributed by atoms with Crippen molar-refractivity contribution in [2.45, 2.75) is 26.3 Å². The summed E-state index contributed by atoms with van der Waals surface area (Å²) in [7, 11) is 0. The van der Waals surface area contributed by atoms with Gasteiger partial charge >= 0.3 is 0 Å². The number of carbonyl (C=O) groups is 3. The van der Waals surface area contributed by atoms with Crippen molar-refractivity contribution in [3.8, 4) is 0 Å². The highest BCUT2D eigenvalue weighted by atomic mass is 16.4. The van der Waals surface area contributed by atoms with Crippen LogP contribution in [0.1, 0.15) is 39.8 Å². The lowest BCUT2D eigenvalue weighted by molar-refractivity contribution is -0.132. The minimum absolute atomic E-state index is 0.0800. The SMILES string of the molecule is Cc1ccc2oc(N3CCN(C(=O)C[C@H](C)N4C(=O)c5ccccc5C4=O)CC3)nc2n1. The number of rotatable bonds is 4. The van der Waals surface area contributed by atoms with Gasteiger partial charge in [-0.15, -0.1) is 0 Å². The van der Waals surface area contributed by atoms with Gasteiger partial charge in [-0.25, -0.2) is 4.98 Å². The Hall–Kier alpha value is -3.75. The number of aromatic nitrogens is 2. The van der Waals surface area contributed by atoms with Gasteiger partial charge in [-0.2, -0.15) is 4.98 Å². The zero-order valence-electron chi connectivity index (χ0n) is 17.9. The minimum Gasteiger partial charge on any atom is -0.422 e. The number of hydrogen-bond acceptors (Lipinski definition) is 7. The van der Waals surface area contributed by atoms with E-state index in [1.165, 1.54) is 4.90 Å². The smallest absolute Gasteiger partial charge is 0.300 e. The third kappa shape index (κ3) is 3.39. The van der Waals surface area contributed by atoms with Crippen LogP contribution in [-0.4, -0.2) is 69.7 Å². The lowest BCUT2D eigenvalue weighted by Gasteiger charge is -2.34. The van der Waals surface area contributed by atoms with E-state index in [4.69, 9.17) is 4.42 Å². The number of anilines is 1. The number of imide groups is 1. The first-order chi connectivity index (χ1) is 15.4. The van der Waals surface area contributed by atoms with Crippen molar-refractivity contribution in [2.24, 2.45) is 0 Å². The van der Waals surface area contributed by atoms with Gasteiger partial charge in [0.1, 0.15) is 0 Å². The predicted molar refractivity (Wildman–Crippen MR) is 116 cm³/mol. The summed E-state index contributed by atoms with van der Waals surface area (Å²) in [5.41, 5.74) is 2.88. The van der Waals surface area contributed by atoms with Crippen molar-refractivity contribution in [3.63, 3.8) is 0 Å². The fraction of sp³-hybridized carbons (Fsp3) is 0.348. The molecule has 0 aliphatic carbocycles. The highest BCUT2D eigenvalue weighted by molar-refractivity contribution is 6.21. The number of benzene rings is 1. The van der Waals surface area contributed by atoms with Crippen LogP contribution in [0.25, 0.3) is 11.2 Å². The Morgan fingerprint density at radius 2 is 1.66 bits per heavy atom. The number of nitrogens with zero attached hydrogens (tertiary/aromatic N) is 5. The normalized spacial score (nSPS) is 17.2. The Bertz CT molecular complexity index is 1190. The maximum absolute atomic E-state index is 12.9. The molecule has 0 unspecified atom stereocenters. The molecule has 0 N–H and O–H groups in total. The van der Waals surface area contributed by atoms with Gasteiger partial charge in [-0.3, -0.25) is 19.3 Å². The van der Waals surface area contributed by atoms with Crippen LogP contribution < -0.4 is 4.90 Å². The molecule has 164 valence electrons. The number of hydrogen-bond donors (Lipinski definition) is 0. The second kappa shape index (κ2) is 7.74. The Kier molecular flexibility index (Phi) is 4.88. The van der Waals surface area contributed by atoms with Crippen LogP contribution in [0.15, 0.2) is 40.8 Å². The highest BCUT2D eigenvalue weighted by Crippen LogP contribution is 2.26. The van der Waals surface area contributed by atoms with Crippen LogP contribution in [0, 0.1) is 6.92 Å². The number of piperazine rings is 1. The van der Waals surface area contributed by atoms with Gasteiger partial charge in [0.15, 0.2) is 5.58 Å². The lowest BCUT2D eigenvalue weighted by Crippen LogP contribution is -2.50. The maximum Gasteiger partial charge on any atom is 0.300 e. The molecule has 0 bridgehead atoms. The van der Waals surface area contributed by atoms with Crippen LogP contribution in [-0.2, 0) is 4.79 Å². The summed E-state index contributed by atoms with van der Waals surface area (Å²) < 4.78 is 5.81. The van der Waals surface area contributed by atoms with Gasteiger partial charge in [0.2, 0.25) is 11.6 Å². The molecule has 0 spiro atoms. The van der Waals surface area contributed by atoms with E-state index >= 15 is 0 Å². The first-order valence-electron chi connectivity index (χ1n) is 10.7. The quantitative estimate of drug-likeness (QED) is 0.582. The molecule has 3 aromatic rings. The molecular formula is C23H23N5O4. The molecule has 2 aliphatic rings.